The number of nitrogens with zero attached hydrogens (tertiary/aromatic N) is 1. The van der Waals surface area contributed by atoms with Crippen LogP contribution < -0.4 is 14.4 Å². The van der Waals surface area contributed by atoms with Crippen LogP contribution in [-0.4, -0.2) is 28.0 Å². The number of rotatable bonds is 7. The van der Waals surface area contributed by atoms with Gasteiger partial charge in [0, 0.05) is 0 Å². The van der Waals surface area contributed by atoms with Gasteiger partial charge in [0.1, 0.15) is 12.3 Å². The topological polar surface area (TPSA) is 75.7 Å². The van der Waals surface area contributed by atoms with Crippen LogP contribution in [0.15, 0.2) is 83.8 Å². The monoisotopic (exact) mass is 410 g/mol. The fourth-order valence-corrected chi connectivity index (χ4v) is 4.41. The molecule has 0 unspecified atom stereocenters. The van der Waals surface area contributed by atoms with E-state index < -0.39 is 15.9 Å². The summed E-state index contributed by atoms with van der Waals surface area (Å²) in [5, 5.41) is 2.73. The number of ether oxygens (including phenoxy) is 1. The first-order chi connectivity index (χ1) is 13.9. The molecule has 0 radical (unpaired) electrons. The lowest BCUT2D eigenvalue weighted by Gasteiger charge is -2.24. The summed E-state index contributed by atoms with van der Waals surface area (Å²) < 4.78 is 33.0. The van der Waals surface area contributed by atoms with Gasteiger partial charge in [-0.3, -0.25) is 9.10 Å². The maximum atomic E-state index is 13.3. The normalized spacial score (nSPS) is 11.0. The molecule has 6 nitrogen and oxygen atoms in total. The van der Waals surface area contributed by atoms with E-state index in [1.54, 1.807) is 66.7 Å². The van der Waals surface area contributed by atoms with Crippen LogP contribution in [-0.2, 0) is 14.8 Å². The summed E-state index contributed by atoms with van der Waals surface area (Å²) in [7, 11) is -2.43. The van der Waals surface area contributed by atoms with Gasteiger partial charge in [0.25, 0.3) is 10.0 Å². The quantitative estimate of drug-likeness (QED) is 0.642. The van der Waals surface area contributed by atoms with Crippen molar-refractivity contribution in [1.29, 1.82) is 0 Å². The number of benzene rings is 3. The molecule has 0 atom stereocenters. The van der Waals surface area contributed by atoms with Crippen molar-refractivity contribution in [3.05, 3.63) is 84.4 Å². The number of methoxy groups -OCH3 is 1. The van der Waals surface area contributed by atoms with Crippen LogP contribution in [0.1, 0.15) is 5.56 Å². The SMILES string of the molecule is COc1ccccc1NC(=O)CN(c1ccccc1)S(=O)(=O)c1cccc(C)c1. The van der Waals surface area contributed by atoms with E-state index in [2.05, 4.69) is 5.32 Å². The summed E-state index contributed by atoms with van der Waals surface area (Å²) in [4.78, 5) is 12.9. The van der Waals surface area contributed by atoms with Gasteiger partial charge < -0.3 is 10.1 Å². The van der Waals surface area contributed by atoms with Crippen LogP contribution in [0.25, 0.3) is 0 Å². The predicted octanol–water partition coefficient (Wildman–Crippen LogP) is 3.84. The van der Waals surface area contributed by atoms with Crippen molar-refractivity contribution in [2.45, 2.75) is 11.8 Å². The first-order valence-corrected chi connectivity index (χ1v) is 10.4. The molecule has 0 aromatic heterocycles. The van der Waals surface area contributed by atoms with E-state index >= 15 is 0 Å². The number of para-hydroxylation sites is 3. The van der Waals surface area contributed by atoms with Crippen molar-refractivity contribution in [2.75, 3.05) is 23.3 Å². The minimum absolute atomic E-state index is 0.131. The number of amides is 1. The lowest BCUT2D eigenvalue weighted by atomic mass is 10.2. The van der Waals surface area contributed by atoms with E-state index in [4.69, 9.17) is 4.74 Å². The molecule has 3 aromatic rings. The van der Waals surface area contributed by atoms with Gasteiger partial charge in [-0.2, -0.15) is 0 Å². The molecule has 0 bridgehead atoms. The molecule has 0 aliphatic heterocycles. The molecular weight excluding hydrogens is 388 g/mol. The molecule has 1 amide bonds. The zero-order valence-electron chi connectivity index (χ0n) is 16.2. The van der Waals surface area contributed by atoms with E-state index in [1.807, 2.05) is 13.0 Å². The highest BCUT2D eigenvalue weighted by molar-refractivity contribution is 7.92. The summed E-state index contributed by atoms with van der Waals surface area (Å²) >= 11 is 0. The fraction of sp³-hybridized carbons (Fsp3) is 0.136. The first kappa shape index (κ1) is 20.4. The van der Waals surface area contributed by atoms with Crippen molar-refractivity contribution < 1.29 is 17.9 Å². The Morgan fingerprint density at radius 3 is 2.34 bits per heavy atom. The Morgan fingerprint density at radius 2 is 1.66 bits per heavy atom. The zero-order chi connectivity index (χ0) is 20.9. The van der Waals surface area contributed by atoms with Crippen LogP contribution in [0.4, 0.5) is 11.4 Å². The second-order valence-corrected chi connectivity index (χ2v) is 8.27. The van der Waals surface area contributed by atoms with Gasteiger partial charge in [0.15, 0.2) is 0 Å². The maximum absolute atomic E-state index is 13.3. The van der Waals surface area contributed by atoms with Crippen LogP contribution in [0.2, 0.25) is 0 Å². The highest BCUT2D eigenvalue weighted by Crippen LogP contribution is 2.26. The maximum Gasteiger partial charge on any atom is 0.264 e. The van der Waals surface area contributed by atoms with Gasteiger partial charge in [-0.15, -0.1) is 0 Å². The second-order valence-electron chi connectivity index (χ2n) is 6.41. The summed E-state index contributed by atoms with van der Waals surface area (Å²) in [6.45, 7) is 1.44. The van der Waals surface area contributed by atoms with Gasteiger partial charge in [-0.1, -0.05) is 42.5 Å². The fourth-order valence-electron chi connectivity index (χ4n) is 2.88. The third-order valence-corrected chi connectivity index (χ3v) is 6.06. The largest absolute Gasteiger partial charge is 0.495 e. The molecule has 1 N–H and O–H groups in total. The molecule has 0 spiro atoms. The van der Waals surface area contributed by atoms with Gasteiger partial charge in [-0.25, -0.2) is 8.42 Å². The molecule has 3 rings (SSSR count). The number of anilines is 2. The number of aryl methyl sites for hydroxylation is 1. The number of hydrogen-bond acceptors (Lipinski definition) is 4. The average Bonchev–Trinajstić information content (AvgIpc) is 2.73. The van der Waals surface area contributed by atoms with Crippen molar-refractivity contribution in [3.8, 4) is 5.75 Å². The number of sulfonamides is 1. The minimum Gasteiger partial charge on any atom is -0.495 e. The van der Waals surface area contributed by atoms with Crippen LogP contribution in [0, 0.1) is 6.92 Å². The summed E-state index contributed by atoms with van der Waals surface area (Å²) in [6.07, 6.45) is 0. The highest BCUT2D eigenvalue weighted by Gasteiger charge is 2.27. The van der Waals surface area contributed by atoms with Gasteiger partial charge in [0.2, 0.25) is 5.91 Å². The van der Waals surface area contributed by atoms with Gasteiger partial charge in [-0.05, 0) is 48.9 Å². The molecule has 0 aliphatic carbocycles. The Bertz CT molecular complexity index is 1100. The molecule has 0 saturated heterocycles. The number of carbonyl (C=O) groups is 1. The Balaban J connectivity index is 1.94. The number of carbonyl (C=O) groups excluding carboxylic acids is 1. The Morgan fingerprint density at radius 1 is 0.966 bits per heavy atom. The molecule has 7 heteroatoms. The first-order valence-electron chi connectivity index (χ1n) is 8.99. The minimum atomic E-state index is -3.94. The van der Waals surface area contributed by atoms with Gasteiger partial charge >= 0.3 is 0 Å². The lowest BCUT2D eigenvalue weighted by Crippen LogP contribution is -2.38. The second kappa shape index (κ2) is 8.79. The average molecular weight is 410 g/mol. The lowest BCUT2D eigenvalue weighted by molar-refractivity contribution is -0.114. The third kappa shape index (κ3) is 4.75. The standard InChI is InChI=1S/C22H22N2O4S/c1-17-9-8-12-19(15-17)29(26,27)24(18-10-4-3-5-11-18)16-22(25)23-20-13-6-7-14-21(20)28-2/h3-15H,16H2,1-2H3,(H,23,25). The zero-order valence-corrected chi connectivity index (χ0v) is 17.0. The van der Waals surface area contributed by atoms with E-state index in [-0.39, 0.29) is 11.4 Å². The summed E-state index contributed by atoms with van der Waals surface area (Å²) in [5.41, 5.74) is 1.70. The van der Waals surface area contributed by atoms with Crippen molar-refractivity contribution in [2.24, 2.45) is 0 Å². The van der Waals surface area contributed by atoms with Gasteiger partial charge in [0.05, 0.1) is 23.4 Å². The van der Waals surface area contributed by atoms with E-state index in [1.165, 1.54) is 13.2 Å². The predicted molar refractivity (Wildman–Crippen MR) is 114 cm³/mol. The Kier molecular flexibility index (Phi) is 6.19. The van der Waals surface area contributed by atoms with Crippen molar-refractivity contribution >= 4 is 27.3 Å². The van der Waals surface area contributed by atoms with Crippen LogP contribution in [0.3, 0.4) is 0 Å². The van der Waals surface area contributed by atoms with E-state index in [0.717, 1.165) is 9.87 Å². The smallest absolute Gasteiger partial charge is 0.264 e. The molecule has 29 heavy (non-hydrogen) atoms. The molecule has 0 saturated carbocycles. The van der Waals surface area contributed by atoms with Crippen molar-refractivity contribution in [3.63, 3.8) is 0 Å². The van der Waals surface area contributed by atoms with Crippen LogP contribution in [0.5, 0.6) is 5.75 Å². The third-order valence-electron chi connectivity index (χ3n) is 4.29. The van der Waals surface area contributed by atoms with E-state index in [0.29, 0.717) is 17.1 Å². The summed E-state index contributed by atoms with van der Waals surface area (Å²) in [6, 6.07) is 22.1. The van der Waals surface area contributed by atoms with Crippen molar-refractivity contribution in [1.82, 2.24) is 0 Å². The molecule has 0 heterocycles. The molecular formula is C22H22N2O4S. The molecule has 3 aromatic carbocycles. The highest BCUT2D eigenvalue weighted by atomic mass is 32.2. The Hall–Kier alpha value is -3.32. The number of hydrogen-bond donors (Lipinski definition) is 1. The van der Waals surface area contributed by atoms with E-state index in [9.17, 15) is 13.2 Å². The number of nitrogens with one attached hydrogen (secondary N) is 1. The Labute approximate surface area is 170 Å². The summed E-state index contributed by atoms with van der Waals surface area (Å²) in [5.74, 6) is 0.0169. The molecule has 0 aliphatic rings. The molecule has 0 fully saturated rings. The van der Waals surface area contributed by atoms with Crippen LogP contribution >= 0.6 is 0 Å². The molecule has 150 valence electrons.